The third kappa shape index (κ3) is 4.31. The third-order valence-corrected chi connectivity index (χ3v) is 7.44. The van der Waals surface area contributed by atoms with Crippen LogP contribution < -0.4 is 0 Å². The van der Waals surface area contributed by atoms with Crippen molar-refractivity contribution in [3.8, 4) is 11.1 Å². The molecule has 2 aromatic rings. The van der Waals surface area contributed by atoms with Crippen LogP contribution in [0.4, 0.5) is 13.2 Å². The zero-order chi connectivity index (χ0) is 23.2. The maximum absolute atomic E-state index is 13.0. The van der Waals surface area contributed by atoms with Crippen molar-refractivity contribution in [2.75, 3.05) is 13.2 Å². The Balaban J connectivity index is 1.38. The van der Waals surface area contributed by atoms with Gasteiger partial charge in [0.05, 0.1) is 17.2 Å². The molecule has 3 heterocycles. The predicted molar refractivity (Wildman–Crippen MR) is 117 cm³/mol. The molecular formula is C26H26F3NO3. The molecule has 3 aliphatic rings. The minimum absolute atomic E-state index is 0.0890. The number of rotatable bonds is 3. The normalized spacial score (nSPS) is 31.8. The van der Waals surface area contributed by atoms with Gasteiger partial charge in [-0.25, -0.2) is 0 Å². The van der Waals surface area contributed by atoms with E-state index in [0.717, 1.165) is 37.3 Å². The lowest BCUT2D eigenvalue weighted by Gasteiger charge is -2.45. The van der Waals surface area contributed by atoms with Crippen molar-refractivity contribution < 1.29 is 27.4 Å². The average Bonchev–Trinajstić information content (AvgIpc) is 3.09. The Morgan fingerprint density at radius 1 is 1.15 bits per heavy atom. The maximum Gasteiger partial charge on any atom is 0.416 e. The molecule has 0 unspecified atom stereocenters. The van der Waals surface area contributed by atoms with Crippen LogP contribution in [-0.4, -0.2) is 30.3 Å². The standard InChI is InChI=1S/C26H26F3NO3/c1-15-24-22(21-9-10-32-14-18(21)12-23(24)25(31)33-15)8-7-20-6-5-17(13-30-20)16-3-2-4-19(11-16)26(27,28)29/h2-8,11,13,15,18,21-24H,9-10,12,14H2,1H3/b8-7+/t15-,18-,21-,22+,23-,24+/m1/s1. The number of alkyl halides is 3. The van der Waals surface area contributed by atoms with Gasteiger partial charge < -0.3 is 9.47 Å². The minimum Gasteiger partial charge on any atom is -0.462 e. The van der Waals surface area contributed by atoms with Crippen molar-refractivity contribution in [3.05, 3.63) is 59.9 Å². The van der Waals surface area contributed by atoms with E-state index in [2.05, 4.69) is 11.1 Å². The molecule has 0 N–H and O–H groups in total. The van der Waals surface area contributed by atoms with Gasteiger partial charge in [-0.15, -0.1) is 0 Å². The monoisotopic (exact) mass is 457 g/mol. The second-order valence-corrected chi connectivity index (χ2v) is 9.34. The highest BCUT2D eigenvalue weighted by Crippen LogP contribution is 2.51. The molecule has 1 aliphatic carbocycles. The number of benzene rings is 1. The van der Waals surface area contributed by atoms with Gasteiger partial charge in [0.2, 0.25) is 0 Å². The predicted octanol–water partition coefficient (Wildman–Crippen LogP) is 5.63. The van der Waals surface area contributed by atoms with E-state index in [1.54, 1.807) is 18.3 Å². The molecule has 33 heavy (non-hydrogen) atoms. The molecule has 1 aromatic carbocycles. The molecule has 0 spiro atoms. The van der Waals surface area contributed by atoms with E-state index < -0.39 is 11.7 Å². The number of ether oxygens (including phenoxy) is 2. The summed E-state index contributed by atoms with van der Waals surface area (Å²) in [5.74, 6) is 0.954. The Bertz CT molecular complexity index is 1050. The van der Waals surface area contributed by atoms with Gasteiger partial charge in [-0.1, -0.05) is 24.3 Å². The number of aromatic nitrogens is 1. The molecule has 1 saturated carbocycles. The molecule has 4 nitrogen and oxygen atoms in total. The van der Waals surface area contributed by atoms with Crippen LogP contribution in [0.1, 0.15) is 31.0 Å². The molecule has 7 heteroatoms. The van der Waals surface area contributed by atoms with E-state index in [-0.39, 0.29) is 29.8 Å². The molecule has 0 radical (unpaired) electrons. The fourth-order valence-corrected chi connectivity index (χ4v) is 5.87. The average molecular weight is 457 g/mol. The highest BCUT2D eigenvalue weighted by atomic mass is 19.4. The van der Waals surface area contributed by atoms with E-state index in [4.69, 9.17) is 9.47 Å². The molecule has 2 saturated heterocycles. The Hall–Kier alpha value is -2.67. The van der Waals surface area contributed by atoms with Crippen LogP contribution in [0.5, 0.6) is 0 Å². The van der Waals surface area contributed by atoms with E-state index in [1.165, 1.54) is 6.07 Å². The SMILES string of the molecule is C[C@H]1OC(=O)[C@@H]2C[C@@H]3COCC[C@H]3[C@H](/C=C/c3ccc(-c4cccc(C(F)(F)F)c4)cn3)[C@H]12. The Kier molecular flexibility index (Phi) is 5.77. The van der Waals surface area contributed by atoms with Gasteiger partial charge in [-0.2, -0.15) is 13.2 Å². The lowest BCUT2D eigenvalue weighted by atomic mass is 9.60. The van der Waals surface area contributed by atoms with Crippen LogP contribution in [0.3, 0.4) is 0 Å². The molecular weight excluding hydrogens is 431 g/mol. The van der Waals surface area contributed by atoms with Gasteiger partial charge in [0, 0.05) is 30.9 Å². The number of halogens is 3. The Morgan fingerprint density at radius 2 is 2.00 bits per heavy atom. The van der Waals surface area contributed by atoms with Crippen molar-refractivity contribution in [2.45, 2.75) is 32.0 Å². The minimum atomic E-state index is -4.38. The molecule has 174 valence electrons. The summed E-state index contributed by atoms with van der Waals surface area (Å²) in [6.07, 6.45) is 3.01. The number of hydrogen-bond acceptors (Lipinski definition) is 4. The smallest absolute Gasteiger partial charge is 0.416 e. The third-order valence-electron chi connectivity index (χ3n) is 7.44. The molecule has 1 aromatic heterocycles. The zero-order valence-corrected chi connectivity index (χ0v) is 18.3. The summed E-state index contributed by atoms with van der Waals surface area (Å²) in [7, 11) is 0. The first-order valence-corrected chi connectivity index (χ1v) is 11.4. The van der Waals surface area contributed by atoms with Gasteiger partial charge in [0.1, 0.15) is 6.10 Å². The summed E-state index contributed by atoms with van der Waals surface area (Å²) in [6, 6.07) is 8.85. The van der Waals surface area contributed by atoms with Crippen LogP contribution in [0.25, 0.3) is 17.2 Å². The van der Waals surface area contributed by atoms with Crippen LogP contribution in [0.2, 0.25) is 0 Å². The van der Waals surface area contributed by atoms with Crippen LogP contribution >= 0.6 is 0 Å². The van der Waals surface area contributed by atoms with Crippen LogP contribution in [-0.2, 0) is 20.4 Å². The van der Waals surface area contributed by atoms with E-state index in [0.29, 0.717) is 29.6 Å². The molecule has 0 amide bonds. The summed E-state index contributed by atoms with van der Waals surface area (Å²) in [5, 5.41) is 0. The number of carbonyl (C=O) groups is 1. The molecule has 2 aliphatic heterocycles. The van der Waals surface area contributed by atoms with Crippen LogP contribution in [0.15, 0.2) is 48.7 Å². The van der Waals surface area contributed by atoms with Gasteiger partial charge in [0.25, 0.3) is 0 Å². The molecule has 3 fully saturated rings. The van der Waals surface area contributed by atoms with Crippen molar-refractivity contribution in [3.63, 3.8) is 0 Å². The van der Waals surface area contributed by atoms with Crippen LogP contribution in [0, 0.1) is 29.6 Å². The number of hydrogen-bond donors (Lipinski definition) is 0. The van der Waals surface area contributed by atoms with Gasteiger partial charge in [-0.05, 0) is 67.4 Å². The van der Waals surface area contributed by atoms with Crippen molar-refractivity contribution in [2.24, 2.45) is 29.6 Å². The number of fused-ring (bicyclic) bond motifs is 2. The Morgan fingerprint density at radius 3 is 2.76 bits per heavy atom. The number of nitrogens with zero attached hydrogens (tertiary/aromatic N) is 1. The van der Waals surface area contributed by atoms with Crippen molar-refractivity contribution in [1.29, 1.82) is 0 Å². The number of carbonyl (C=O) groups excluding carboxylic acids is 1. The number of pyridine rings is 1. The van der Waals surface area contributed by atoms with E-state index in [1.807, 2.05) is 19.1 Å². The highest BCUT2D eigenvalue weighted by molar-refractivity contribution is 5.75. The summed E-state index contributed by atoms with van der Waals surface area (Å²) < 4.78 is 50.3. The first kappa shape index (κ1) is 22.1. The van der Waals surface area contributed by atoms with Crippen molar-refractivity contribution >= 4 is 12.0 Å². The van der Waals surface area contributed by atoms with Gasteiger partial charge in [0.15, 0.2) is 0 Å². The zero-order valence-electron chi connectivity index (χ0n) is 18.3. The quantitative estimate of drug-likeness (QED) is 0.561. The van der Waals surface area contributed by atoms with E-state index >= 15 is 0 Å². The maximum atomic E-state index is 13.0. The summed E-state index contributed by atoms with van der Waals surface area (Å²) in [6.45, 7) is 3.39. The lowest BCUT2D eigenvalue weighted by molar-refractivity contribution is -0.145. The fraction of sp³-hybridized carbons (Fsp3) is 0.462. The number of allylic oxidation sites excluding steroid dienone is 1. The Labute approximate surface area is 190 Å². The second kappa shape index (κ2) is 8.60. The molecule has 6 atom stereocenters. The second-order valence-electron chi connectivity index (χ2n) is 9.34. The first-order valence-electron chi connectivity index (χ1n) is 11.4. The summed E-state index contributed by atoms with van der Waals surface area (Å²) in [4.78, 5) is 16.9. The molecule has 0 bridgehead atoms. The largest absolute Gasteiger partial charge is 0.462 e. The lowest BCUT2D eigenvalue weighted by Crippen LogP contribution is -2.45. The highest BCUT2D eigenvalue weighted by Gasteiger charge is 2.54. The number of cyclic esters (lactones) is 1. The van der Waals surface area contributed by atoms with E-state index in [9.17, 15) is 18.0 Å². The topological polar surface area (TPSA) is 48.4 Å². The molecule has 5 rings (SSSR count). The van der Waals surface area contributed by atoms with Crippen molar-refractivity contribution in [1.82, 2.24) is 4.98 Å². The summed E-state index contributed by atoms with van der Waals surface area (Å²) >= 11 is 0. The summed E-state index contributed by atoms with van der Waals surface area (Å²) in [5.41, 5.74) is 1.16. The first-order chi connectivity index (χ1) is 15.8. The fourth-order valence-electron chi connectivity index (χ4n) is 5.87. The number of esters is 1. The van der Waals surface area contributed by atoms with Gasteiger partial charge >= 0.3 is 12.1 Å². The van der Waals surface area contributed by atoms with Gasteiger partial charge in [-0.3, -0.25) is 9.78 Å².